The van der Waals surface area contributed by atoms with Crippen LogP contribution in [0.4, 0.5) is 9.59 Å². The third-order valence-electron chi connectivity index (χ3n) is 4.90. The van der Waals surface area contributed by atoms with Crippen LogP contribution in [-0.4, -0.2) is 69.5 Å². The molecule has 1 aromatic rings. The minimum Gasteiger partial charge on any atom is -0.480 e. The standard InChI is InChI=1S/C25H35Cl3N2O9/c1-14(2)19(18(20(31)32)30-22(34)37-13-25(26,27)28)38-21(33)17(29-23(35)39-24(4,5)6)15(3)36-12-16-10-8-7-9-11-16/h7-11,14-15,17-19H,12-13H2,1-6H3,(H,29,35)(H,30,34)(H,31,32)/t15-,17+,18-,19-/m0/s1. The number of carbonyl (C=O) groups is 4. The highest BCUT2D eigenvalue weighted by atomic mass is 35.6. The van der Waals surface area contributed by atoms with Crippen molar-refractivity contribution in [3.05, 3.63) is 35.9 Å². The minimum absolute atomic E-state index is 0.115. The van der Waals surface area contributed by atoms with Crippen molar-refractivity contribution in [3.8, 4) is 0 Å². The van der Waals surface area contributed by atoms with E-state index in [0.29, 0.717) is 0 Å². The lowest BCUT2D eigenvalue weighted by Crippen LogP contribution is -2.56. The summed E-state index contributed by atoms with van der Waals surface area (Å²) in [5.74, 6) is -3.13. The zero-order valence-corrected chi connectivity index (χ0v) is 24.8. The molecule has 0 aliphatic carbocycles. The highest BCUT2D eigenvalue weighted by Gasteiger charge is 2.39. The topological polar surface area (TPSA) is 149 Å². The number of carbonyl (C=O) groups excluding carboxylic acids is 3. The lowest BCUT2D eigenvalue weighted by atomic mass is 9.99. The second kappa shape index (κ2) is 15.4. The van der Waals surface area contributed by atoms with Gasteiger partial charge in [-0.1, -0.05) is 79.0 Å². The predicted octanol–water partition coefficient (Wildman–Crippen LogP) is 4.60. The average Bonchev–Trinajstić information content (AvgIpc) is 2.80. The average molecular weight is 614 g/mol. The van der Waals surface area contributed by atoms with E-state index >= 15 is 0 Å². The molecule has 0 bridgehead atoms. The van der Waals surface area contributed by atoms with Gasteiger partial charge in [-0.15, -0.1) is 0 Å². The fourth-order valence-corrected chi connectivity index (χ4v) is 3.26. The van der Waals surface area contributed by atoms with E-state index in [0.717, 1.165) is 5.56 Å². The van der Waals surface area contributed by atoms with Crippen LogP contribution in [-0.2, 0) is 35.1 Å². The van der Waals surface area contributed by atoms with E-state index in [4.69, 9.17) is 53.8 Å². The number of halogens is 3. The van der Waals surface area contributed by atoms with Gasteiger partial charge in [0.15, 0.2) is 12.1 Å². The number of aliphatic carboxylic acids is 1. The maximum Gasteiger partial charge on any atom is 0.408 e. The van der Waals surface area contributed by atoms with Gasteiger partial charge in [-0.2, -0.15) is 0 Å². The Morgan fingerprint density at radius 3 is 1.97 bits per heavy atom. The van der Waals surface area contributed by atoms with Gasteiger partial charge in [-0.05, 0) is 39.2 Å². The summed E-state index contributed by atoms with van der Waals surface area (Å²) in [4.78, 5) is 50.0. The van der Waals surface area contributed by atoms with Gasteiger partial charge < -0.3 is 34.7 Å². The van der Waals surface area contributed by atoms with E-state index in [1.807, 2.05) is 30.3 Å². The second-order valence-electron chi connectivity index (χ2n) is 9.92. The Morgan fingerprint density at radius 1 is 0.923 bits per heavy atom. The van der Waals surface area contributed by atoms with E-state index in [2.05, 4.69) is 10.6 Å². The fraction of sp³-hybridized carbons (Fsp3) is 0.600. The molecule has 39 heavy (non-hydrogen) atoms. The molecular weight excluding hydrogens is 579 g/mol. The predicted molar refractivity (Wildman–Crippen MR) is 145 cm³/mol. The quantitative estimate of drug-likeness (QED) is 0.175. The van der Waals surface area contributed by atoms with Crippen molar-refractivity contribution in [2.24, 2.45) is 5.92 Å². The summed E-state index contributed by atoms with van der Waals surface area (Å²) >= 11 is 16.7. The molecule has 2 amide bonds. The van der Waals surface area contributed by atoms with Gasteiger partial charge in [0.25, 0.3) is 0 Å². The number of esters is 1. The Morgan fingerprint density at radius 2 is 1.49 bits per heavy atom. The Hall–Kier alpha value is -2.47. The largest absolute Gasteiger partial charge is 0.480 e. The van der Waals surface area contributed by atoms with Crippen LogP contribution in [0.2, 0.25) is 0 Å². The second-order valence-corrected chi connectivity index (χ2v) is 12.4. The number of carboxylic acid groups (broad SMARTS) is 1. The van der Waals surface area contributed by atoms with Gasteiger partial charge in [0.2, 0.25) is 3.79 Å². The van der Waals surface area contributed by atoms with Gasteiger partial charge in [-0.3, -0.25) is 0 Å². The summed E-state index contributed by atoms with van der Waals surface area (Å²) in [6.45, 7) is 9.10. The van der Waals surface area contributed by atoms with Crippen LogP contribution in [0, 0.1) is 5.92 Å². The molecular formula is C25H35Cl3N2O9. The van der Waals surface area contributed by atoms with Crippen molar-refractivity contribution >= 4 is 58.9 Å². The molecule has 4 atom stereocenters. The van der Waals surface area contributed by atoms with Crippen LogP contribution in [0.3, 0.4) is 0 Å². The summed E-state index contributed by atoms with van der Waals surface area (Å²) in [7, 11) is 0. The summed E-state index contributed by atoms with van der Waals surface area (Å²) in [6, 6.07) is 5.98. The highest BCUT2D eigenvalue weighted by molar-refractivity contribution is 6.67. The van der Waals surface area contributed by atoms with Gasteiger partial charge in [0, 0.05) is 0 Å². The molecule has 3 N–H and O–H groups in total. The first-order valence-corrected chi connectivity index (χ1v) is 13.1. The van der Waals surface area contributed by atoms with Crippen molar-refractivity contribution in [1.29, 1.82) is 0 Å². The molecule has 0 saturated carbocycles. The third-order valence-corrected chi connectivity index (χ3v) is 5.22. The minimum atomic E-state index is -1.92. The van der Waals surface area contributed by atoms with E-state index in [1.54, 1.807) is 34.6 Å². The van der Waals surface area contributed by atoms with E-state index in [1.165, 1.54) is 6.92 Å². The fourth-order valence-electron chi connectivity index (χ4n) is 3.10. The maximum atomic E-state index is 13.3. The Labute approximate surface area is 242 Å². The molecule has 0 aromatic heterocycles. The number of hydrogen-bond donors (Lipinski definition) is 3. The van der Waals surface area contributed by atoms with Crippen LogP contribution in [0.25, 0.3) is 0 Å². The van der Waals surface area contributed by atoms with Crippen molar-refractivity contribution in [2.75, 3.05) is 6.61 Å². The number of benzene rings is 1. The first-order chi connectivity index (χ1) is 17.9. The van der Waals surface area contributed by atoms with Crippen LogP contribution >= 0.6 is 34.8 Å². The molecule has 1 aromatic carbocycles. The summed E-state index contributed by atoms with van der Waals surface area (Å²) < 4.78 is 19.4. The summed E-state index contributed by atoms with van der Waals surface area (Å²) in [5, 5.41) is 14.3. The molecule has 1 rings (SSSR count). The molecule has 220 valence electrons. The molecule has 0 heterocycles. The first kappa shape index (κ1) is 34.6. The third kappa shape index (κ3) is 13.9. The number of amides is 2. The number of nitrogens with one attached hydrogen (secondary N) is 2. The molecule has 0 spiro atoms. The normalized spacial score (nSPS) is 14.9. The van der Waals surface area contributed by atoms with Crippen molar-refractivity contribution in [2.45, 2.75) is 81.8 Å². The molecule has 0 unspecified atom stereocenters. The molecule has 0 saturated heterocycles. The van der Waals surface area contributed by atoms with Crippen LogP contribution in [0.1, 0.15) is 47.1 Å². The van der Waals surface area contributed by atoms with Crippen LogP contribution in [0.5, 0.6) is 0 Å². The zero-order valence-electron chi connectivity index (χ0n) is 22.5. The van der Waals surface area contributed by atoms with Crippen molar-refractivity contribution < 1.29 is 43.2 Å². The first-order valence-electron chi connectivity index (χ1n) is 12.0. The summed E-state index contributed by atoms with van der Waals surface area (Å²) in [6.07, 6.45) is -4.44. The van der Waals surface area contributed by atoms with Crippen LogP contribution < -0.4 is 10.6 Å². The monoisotopic (exact) mass is 612 g/mol. The Kier molecular flexibility index (Phi) is 13.6. The zero-order chi connectivity index (χ0) is 30.0. The Balaban J connectivity index is 3.12. The number of alkyl halides is 3. The highest BCUT2D eigenvalue weighted by Crippen LogP contribution is 2.26. The molecule has 0 aliphatic heterocycles. The smallest absolute Gasteiger partial charge is 0.408 e. The molecule has 0 radical (unpaired) electrons. The Bertz CT molecular complexity index is 966. The van der Waals surface area contributed by atoms with Gasteiger partial charge in [0.1, 0.15) is 18.3 Å². The number of carboxylic acids is 1. The maximum absolute atomic E-state index is 13.3. The number of rotatable bonds is 12. The number of hydrogen-bond acceptors (Lipinski definition) is 8. The van der Waals surface area contributed by atoms with Gasteiger partial charge in [0.05, 0.1) is 12.7 Å². The lowest BCUT2D eigenvalue weighted by Gasteiger charge is -2.31. The van der Waals surface area contributed by atoms with Crippen molar-refractivity contribution in [1.82, 2.24) is 10.6 Å². The van der Waals surface area contributed by atoms with E-state index in [-0.39, 0.29) is 6.61 Å². The van der Waals surface area contributed by atoms with E-state index < -0.39 is 70.3 Å². The number of alkyl carbamates (subject to hydrolysis) is 2. The SMILES string of the molecule is CC(C)[C@H](OC(=O)[C@H](NC(=O)OC(C)(C)C)[C@H](C)OCc1ccccc1)[C@H](NC(=O)OCC(Cl)(Cl)Cl)C(=O)O. The molecule has 14 heteroatoms. The van der Waals surface area contributed by atoms with Crippen molar-refractivity contribution in [3.63, 3.8) is 0 Å². The molecule has 0 fully saturated rings. The lowest BCUT2D eigenvalue weighted by molar-refractivity contribution is -0.163. The molecule has 11 nitrogen and oxygen atoms in total. The number of ether oxygens (including phenoxy) is 4. The van der Waals surface area contributed by atoms with Gasteiger partial charge >= 0.3 is 24.1 Å². The van der Waals surface area contributed by atoms with Gasteiger partial charge in [-0.25, -0.2) is 19.2 Å². The van der Waals surface area contributed by atoms with Crippen LogP contribution in [0.15, 0.2) is 30.3 Å². The molecule has 0 aliphatic rings. The summed E-state index contributed by atoms with van der Waals surface area (Å²) in [5.41, 5.74) is -0.0456. The van der Waals surface area contributed by atoms with E-state index in [9.17, 15) is 24.3 Å².